The highest BCUT2D eigenvalue weighted by Gasteiger charge is 2.32. The number of rotatable bonds is 4. The SMILES string of the molecule is N#C/C(N)=C(\C#N)N=CCc1cnn(-c2c(Cl)cc(C(F)(F)F)cc2Cl)n1. The van der Waals surface area contributed by atoms with Crippen molar-refractivity contribution < 1.29 is 13.2 Å². The summed E-state index contributed by atoms with van der Waals surface area (Å²) in [5, 5.41) is 24.9. The highest BCUT2D eigenvalue weighted by Crippen LogP contribution is 2.37. The van der Waals surface area contributed by atoms with Crippen LogP contribution in [0.15, 0.2) is 34.7 Å². The molecule has 0 fully saturated rings. The van der Waals surface area contributed by atoms with E-state index < -0.39 is 11.7 Å². The van der Waals surface area contributed by atoms with E-state index in [1.165, 1.54) is 12.4 Å². The minimum Gasteiger partial charge on any atom is -0.388 e. The predicted octanol–water partition coefficient (Wildman–Crippen LogP) is 3.42. The van der Waals surface area contributed by atoms with Gasteiger partial charge in [-0.3, -0.25) is 0 Å². The van der Waals surface area contributed by atoms with Gasteiger partial charge < -0.3 is 5.73 Å². The first-order chi connectivity index (χ1) is 12.7. The number of nitriles is 2. The minimum atomic E-state index is -4.60. The van der Waals surface area contributed by atoms with E-state index in [2.05, 4.69) is 15.2 Å². The molecule has 12 heteroatoms. The zero-order valence-electron chi connectivity index (χ0n) is 13.2. The Morgan fingerprint density at radius 2 is 1.89 bits per heavy atom. The average molecular weight is 414 g/mol. The van der Waals surface area contributed by atoms with Gasteiger partial charge in [0, 0.05) is 12.6 Å². The lowest BCUT2D eigenvalue weighted by Crippen LogP contribution is -2.08. The Bertz CT molecular complexity index is 987. The molecular weight excluding hydrogens is 406 g/mol. The molecule has 0 unspecified atom stereocenters. The van der Waals surface area contributed by atoms with Crippen LogP contribution in [0.2, 0.25) is 10.0 Å². The Morgan fingerprint density at radius 1 is 1.26 bits per heavy atom. The fraction of sp³-hybridized carbons (Fsp3) is 0.133. The van der Waals surface area contributed by atoms with E-state index in [0.717, 1.165) is 16.9 Å². The maximum Gasteiger partial charge on any atom is 0.416 e. The monoisotopic (exact) mass is 413 g/mol. The normalized spacial score (nSPS) is 12.6. The summed E-state index contributed by atoms with van der Waals surface area (Å²) in [5.41, 5.74) is 4.07. The topological polar surface area (TPSA) is 117 Å². The lowest BCUT2D eigenvalue weighted by Gasteiger charge is -2.11. The molecule has 1 aromatic heterocycles. The molecule has 0 aliphatic carbocycles. The number of hydrogen-bond donors (Lipinski definition) is 1. The van der Waals surface area contributed by atoms with Crippen LogP contribution in [0, 0.1) is 22.7 Å². The van der Waals surface area contributed by atoms with Crippen molar-refractivity contribution in [2.75, 3.05) is 0 Å². The van der Waals surface area contributed by atoms with Gasteiger partial charge in [0.25, 0.3) is 0 Å². The number of hydrogen-bond acceptors (Lipinski definition) is 6. The molecule has 1 aromatic carbocycles. The molecule has 0 radical (unpaired) electrons. The Hall–Kier alpha value is -3.08. The molecule has 138 valence electrons. The van der Waals surface area contributed by atoms with Crippen LogP contribution in [0.3, 0.4) is 0 Å². The summed E-state index contributed by atoms with van der Waals surface area (Å²) in [6, 6.07) is 4.71. The van der Waals surface area contributed by atoms with E-state index in [1.54, 1.807) is 12.1 Å². The van der Waals surface area contributed by atoms with Gasteiger partial charge in [0.2, 0.25) is 0 Å². The Labute approximate surface area is 160 Å². The maximum absolute atomic E-state index is 12.8. The highest BCUT2D eigenvalue weighted by atomic mass is 35.5. The molecule has 0 spiro atoms. The molecule has 2 aromatic rings. The second-order valence-electron chi connectivity index (χ2n) is 4.91. The highest BCUT2D eigenvalue weighted by molar-refractivity contribution is 6.37. The van der Waals surface area contributed by atoms with Gasteiger partial charge in [-0.15, -0.1) is 4.80 Å². The Morgan fingerprint density at radius 3 is 2.41 bits per heavy atom. The van der Waals surface area contributed by atoms with Crippen molar-refractivity contribution in [1.82, 2.24) is 15.0 Å². The quantitative estimate of drug-likeness (QED) is 0.608. The molecule has 2 N–H and O–H groups in total. The molecule has 27 heavy (non-hydrogen) atoms. The van der Waals surface area contributed by atoms with Crippen molar-refractivity contribution >= 4 is 29.4 Å². The van der Waals surface area contributed by atoms with Gasteiger partial charge in [0.1, 0.15) is 23.5 Å². The molecule has 0 aliphatic heterocycles. The Kier molecular flexibility index (Phi) is 6.05. The summed E-state index contributed by atoms with van der Waals surface area (Å²) in [7, 11) is 0. The number of aromatic nitrogens is 3. The second-order valence-corrected chi connectivity index (χ2v) is 5.73. The van der Waals surface area contributed by atoms with Crippen molar-refractivity contribution in [3.05, 3.63) is 51.0 Å². The second kappa shape index (κ2) is 8.08. The van der Waals surface area contributed by atoms with Crippen LogP contribution in [-0.4, -0.2) is 21.2 Å². The summed E-state index contributed by atoms with van der Waals surface area (Å²) >= 11 is 11.8. The third-order valence-corrected chi connectivity index (χ3v) is 3.66. The average Bonchev–Trinajstić information content (AvgIpc) is 3.05. The number of alkyl halides is 3. The van der Waals surface area contributed by atoms with Crippen molar-refractivity contribution in [3.8, 4) is 17.8 Å². The third-order valence-electron chi connectivity index (χ3n) is 3.09. The number of nitrogens with two attached hydrogens (primary N) is 1. The lowest BCUT2D eigenvalue weighted by molar-refractivity contribution is -0.137. The van der Waals surface area contributed by atoms with Crippen LogP contribution >= 0.6 is 23.2 Å². The third kappa shape index (κ3) is 4.76. The van der Waals surface area contributed by atoms with Gasteiger partial charge in [-0.25, -0.2) is 4.99 Å². The van der Waals surface area contributed by atoms with Gasteiger partial charge in [-0.2, -0.15) is 33.9 Å². The largest absolute Gasteiger partial charge is 0.416 e. The molecule has 1 heterocycles. The predicted molar refractivity (Wildman–Crippen MR) is 91.0 cm³/mol. The summed E-state index contributed by atoms with van der Waals surface area (Å²) in [4.78, 5) is 4.74. The summed E-state index contributed by atoms with van der Waals surface area (Å²) in [5.74, 6) is 0. The van der Waals surface area contributed by atoms with Crippen molar-refractivity contribution in [2.24, 2.45) is 10.7 Å². The number of aliphatic imine (C=N–C) groups is 1. The first kappa shape index (κ1) is 20.2. The van der Waals surface area contributed by atoms with Crippen molar-refractivity contribution in [3.63, 3.8) is 0 Å². The van der Waals surface area contributed by atoms with Gasteiger partial charge in [-0.05, 0) is 12.1 Å². The van der Waals surface area contributed by atoms with Gasteiger partial charge in [-0.1, -0.05) is 23.2 Å². The van der Waals surface area contributed by atoms with E-state index in [9.17, 15) is 13.2 Å². The molecule has 0 amide bonds. The molecular formula is C15H8Cl2F3N7. The van der Waals surface area contributed by atoms with Crippen LogP contribution < -0.4 is 5.73 Å². The van der Waals surface area contributed by atoms with E-state index in [-0.39, 0.29) is 33.5 Å². The Balaban J connectivity index is 2.27. The van der Waals surface area contributed by atoms with Crippen LogP contribution in [-0.2, 0) is 12.6 Å². The van der Waals surface area contributed by atoms with Crippen LogP contribution in [0.1, 0.15) is 11.3 Å². The van der Waals surface area contributed by atoms with Crippen LogP contribution in [0.25, 0.3) is 5.69 Å². The smallest absolute Gasteiger partial charge is 0.388 e. The number of halogens is 5. The minimum absolute atomic E-state index is 0.0131. The maximum atomic E-state index is 12.8. The standard InChI is InChI=1S/C15H8Cl2F3N7/c16-10-3-8(15(18,19)20)4-11(17)14(10)27-25-7-9(26-27)1-2-24-13(6-22)12(23)5-21/h2-4,7H,1,23H2/b13-12-,24-2?. The number of nitrogens with zero attached hydrogens (tertiary/aromatic N) is 6. The summed E-state index contributed by atoms with van der Waals surface area (Å²) in [6.07, 6.45) is -1.88. The molecule has 0 saturated heterocycles. The summed E-state index contributed by atoms with van der Waals surface area (Å²) < 4.78 is 38.3. The van der Waals surface area contributed by atoms with Gasteiger partial charge >= 0.3 is 6.18 Å². The lowest BCUT2D eigenvalue weighted by atomic mass is 10.2. The molecule has 2 rings (SSSR count). The molecule has 0 aliphatic rings. The zero-order valence-corrected chi connectivity index (χ0v) is 14.7. The van der Waals surface area contributed by atoms with E-state index in [4.69, 9.17) is 39.5 Å². The fourth-order valence-corrected chi connectivity index (χ4v) is 2.50. The zero-order chi connectivity index (χ0) is 20.2. The van der Waals surface area contributed by atoms with E-state index >= 15 is 0 Å². The molecule has 7 nitrogen and oxygen atoms in total. The number of allylic oxidation sites excluding steroid dienone is 2. The molecule has 0 saturated carbocycles. The van der Waals surface area contributed by atoms with Gasteiger partial charge in [0.15, 0.2) is 5.70 Å². The first-order valence-corrected chi connectivity index (χ1v) is 7.73. The number of benzene rings is 1. The van der Waals surface area contributed by atoms with E-state index in [0.29, 0.717) is 5.69 Å². The van der Waals surface area contributed by atoms with Crippen molar-refractivity contribution in [1.29, 1.82) is 10.5 Å². The summed E-state index contributed by atoms with van der Waals surface area (Å²) in [6.45, 7) is 0. The van der Waals surface area contributed by atoms with Crippen LogP contribution in [0.5, 0.6) is 0 Å². The van der Waals surface area contributed by atoms with E-state index in [1.807, 2.05) is 0 Å². The first-order valence-electron chi connectivity index (χ1n) is 6.97. The fourth-order valence-electron chi connectivity index (χ4n) is 1.86. The van der Waals surface area contributed by atoms with Gasteiger partial charge in [0.05, 0.1) is 27.5 Å². The molecule has 0 atom stereocenters. The molecule has 0 bridgehead atoms. The van der Waals surface area contributed by atoms with Crippen molar-refractivity contribution in [2.45, 2.75) is 12.6 Å². The van der Waals surface area contributed by atoms with Crippen LogP contribution in [0.4, 0.5) is 13.2 Å².